The number of benzene rings is 1. The van der Waals surface area contributed by atoms with Gasteiger partial charge in [-0.3, -0.25) is 9.78 Å². The lowest BCUT2D eigenvalue weighted by Gasteiger charge is -2.23. The van der Waals surface area contributed by atoms with Gasteiger partial charge in [-0.05, 0) is 30.7 Å². The Hall–Kier alpha value is -2.36. The zero-order valence-electron chi connectivity index (χ0n) is 11.4. The molecule has 0 fully saturated rings. The number of hydrogen-bond acceptors (Lipinski definition) is 4. The molecule has 2 heterocycles. The number of Topliss-reactive ketones (excluding diaryl/α,β-unsaturated/α-hetero) is 1. The van der Waals surface area contributed by atoms with Crippen LogP contribution in [0.3, 0.4) is 0 Å². The van der Waals surface area contributed by atoms with Crippen LogP contribution in [0.1, 0.15) is 23.8 Å². The molecule has 1 aliphatic heterocycles. The summed E-state index contributed by atoms with van der Waals surface area (Å²) in [4.78, 5) is 17.7. The van der Waals surface area contributed by atoms with Crippen molar-refractivity contribution in [2.24, 2.45) is 0 Å². The number of hydrogen-bond donors (Lipinski definition) is 0. The SMILES string of the molecule is CC(=O)c1ccc(N2CCCOc3ccccc32)cn1. The van der Waals surface area contributed by atoms with Gasteiger partial charge >= 0.3 is 0 Å². The number of rotatable bonds is 2. The number of aromatic nitrogens is 1. The monoisotopic (exact) mass is 268 g/mol. The molecule has 0 radical (unpaired) electrons. The number of fused-ring (bicyclic) bond motifs is 1. The number of para-hydroxylation sites is 2. The number of pyridine rings is 1. The van der Waals surface area contributed by atoms with E-state index in [9.17, 15) is 4.79 Å². The van der Waals surface area contributed by atoms with Crippen molar-refractivity contribution in [1.29, 1.82) is 0 Å². The summed E-state index contributed by atoms with van der Waals surface area (Å²) in [7, 11) is 0. The van der Waals surface area contributed by atoms with E-state index in [0.29, 0.717) is 12.3 Å². The second kappa shape index (κ2) is 5.33. The lowest BCUT2D eigenvalue weighted by Crippen LogP contribution is -2.18. The van der Waals surface area contributed by atoms with Crippen LogP contribution >= 0.6 is 0 Å². The minimum absolute atomic E-state index is 0.0175. The van der Waals surface area contributed by atoms with Gasteiger partial charge in [0.2, 0.25) is 0 Å². The van der Waals surface area contributed by atoms with E-state index in [1.807, 2.05) is 30.3 Å². The molecule has 3 rings (SSSR count). The maximum absolute atomic E-state index is 11.3. The number of carbonyl (C=O) groups is 1. The maximum atomic E-state index is 11.3. The van der Waals surface area contributed by atoms with Gasteiger partial charge in [-0.1, -0.05) is 12.1 Å². The summed E-state index contributed by atoms with van der Waals surface area (Å²) in [6.45, 7) is 3.11. The second-order valence-electron chi connectivity index (χ2n) is 4.78. The molecule has 1 aromatic carbocycles. The molecule has 4 nitrogen and oxygen atoms in total. The van der Waals surface area contributed by atoms with Gasteiger partial charge in [0.15, 0.2) is 5.78 Å². The highest BCUT2D eigenvalue weighted by molar-refractivity contribution is 5.92. The summed E-state index contributed by atoms with van der Waals surface area (Å²) in [5, 5.41) is 0. The van der Waals surface area contributed by atoms with Crippen LogP contribution in [0.25, 0.3) is 0 Å². The summed E-state index contributed by atoms with van der Waals surface area (Å²) in [5.41, 5.74) is 2.52. The molecule has 0 N–H and O–H groups in total. The van der Waals surface area contributed by atoms with Crippen LogP contribution in [0.4, 0.5) is 11.4 Å². The quantitative estimate of drug-likeness (QED) is 0.784. The Morgan fingerprint density at radius 2 is 2.10 bits per heavy atom. The van der Waals surface area contributed by atoms with Crippen molar-refractivity contribution in [3.8, 4) is 5.75 Å². The van der Waals surface area contributed by atoms with E-state index >= 15 is 0 Å². The minimum Gasteiger partial charge on any atom is -0.491 e. The smallest absolute Gasteiger partial charge is 0.178 e. The fourth-order valence-electron chi connectivity index (χ4n) is 2.35. The zero-order chi connectivity index (χ0) is 13.9. The van der Waals surface area contributed by atoms with Gasteiger partial charge in [-0.2, -0.15) is 0 Å². The first-order valence-corrected chi connectivity index (χ1v) is 6.72. The third-order valence-corrected chi connectivity index (χ3v) is 3.36. The molecule has 1 aliphatic rings. The molecule has 0 atom stereocenters. The lowest BCUT2D eigenvalue weighted by molar-refractivity contribution is 0.101. The van der Waals surface area contributed by atoms with Crippen LogP contribution in [-0.2, 0) is 0 Å². The largest absolute Gasteiger partial charge is 0.491 e. The van der Waals surface area contributed by atoms with E-state index in [0.717, 1.165) is 30.1 Å². The minimum atomic E-state index is -0.0175. The zero-order valence-corrected chi connectivity index (χ0v) is 11.4. The van der Waals surface area contributed by atoms with Crippen molar-refractivity contribution < 1.29 is 9.53 Å². The van der Waals surface area contributed by atoms with Gasteiger partial charge < -0.3 is 9.64 Å². The summed E-state index contributed by atoms with van der Waals surface area (Å²) >= 11 is 0. The molecule has 0 saturated heterocycles. The fraction of sp³-hybridized carbons (Fsp3) is 0.250. The molecule has 0 spiro atoms. The molecule has 0 unspecified atom stereocenters. The molecule has 0 saturated carbocycles. The normalized spacial score (nSPS) is 14.2. The highest BCUT2D eigenvalue weighted by Crippen LogP contribution is 2.35. The predicted octanol–water partition coefficient (Wildman–Crippen LogP) is 3.20. The summed E-state index contributed by atoms with van der Waals surface area (Å²) in [6.07, 6.45) is 2.70. The van der Waals surface area contributed by atoms with E-state index in [-0.39, 0.29) is 5.78 Å². The first-order valence-electron chi connectivity index (χ1n) is 6.72. The van der Waals surface area contributed by atoms with E-state index in [1.165, 1.54) is 6.92 Å². The molecular formula is C16H16N2O2. The highest BCUT2D eigenvalue weighted by atomic mass is 16.5. The standard InChI is InChI=1S/C16H16N2O2/c1-12(19)14-8-7-13(11-17-14)18-9-4-10-20-16-6-3-2-5-15(16)18/h2-3,5-8,11H,4,9-10H2,1H3. The Morgan fingerprint density at radius 3 is 2.85 bits per heavy atom. The maximum Gasteiger partial charge on any atom is 0.178 e. The third kappa shape index (κ3) is 2.37. The van der Waals surface area contributed by atoms with E-state index in [4.69, 9.17) is 4.74 Å². The van der Waals surface area contributed by atoms with E-state index in [2.05, 4.69) is 9.88 Å². The van der Waals surface area contributed by atoms with Gasteiger partial charge in [0, 0.05) is 13.5 Å². The van der Waals surface area contributed by atoms with Crippen molar-refractivity contribution in [1.82, 2.24) is 4.98 Å². The van der Waals surface area contributed by atoms with E-state index in [1.54, 1.807) is 12.3 Å². The molecule has 20 heavy (non-hydrogen) atoms. The van der Waals surface area contributed by atoms with Crippen molar-refractivity contribution in [2.75, 3.05) is 18.1 Å². The van der Waals surface area contributed by atoms with Crippen molar-refractivity contribution in [3.05, 3.63) is 48.3 Å². The number of anilines is 2. The molecule has 102 valence electrons. The Labute approximate surface area is 118 Å². The van der Waals surface area contributed by atoms with Crippen LogP contribution in [0.2, 0.25) is 0 Å². The molecule has 4 heteroatoms. The number of ketones is 1. The molecule has 0 aliphatic carbocycles. The second-order valence-corrected chi connectivity index (χ2v) is 4.78. The predicted molar refractivity (Wildman–Crippen MR) is 77.8 cm³/mol. The number of nitrogens with zero attached hydrogens (tertiary/aromatic N) is 2. The average molecular weight is 268 g/mol. The summed E-state index contributed by atoms with van der Waals surface area (Å²) in [6, 6.07) is 11.7. The summed E-state index contributed by atoms with van der Waals surface area (Å²) in [5.74, 6) is 0.872. The highest BCUT2D eigenvalue weighted by Gasteiger charge is 2.17. The number of ether oxygens (including phenoxy) is 1. The lowest BCUT2D eigenvalue weighted by atomic mass is 10.2. The summed E-state index contributed by atoms with van der Waals surface area (Å²) < 4.78 is 5.75. The molecule has 0 bridgehead atoms. The van der Waals surface area contributed by atoms with Gasteiger partial charge in [0.25, 0.3) is 0 Å². The van der Waals surface area contributed by atoms with Gasteiger partial charge in [-0.15, -0.1) is 0 Å². The first-order chi connectivity index (χ1) is 9.75. The molecule has 2 aromatic rings. The topological polar surface area (TPSA) is 42.4 Å². The van der Waals surface area contributed by atoms with Crippen molar-refractivity contribution >= 4 is 17.2 Å². The van der Waals surface area contributed by atoms with Crippen LogP contribution in [-0.4, -0.2) is 23.9 Å². The van der Waals surface area contributed by atoms with Crippen LogP contribution in [0, 0.1) is 0 Å². The first kappa shape index (κ1) is 12.7. The average Bonchev–Trinajstić information content (AvgIpc) is 2.69. The van der Waals surface area contributed by atoms with Crippen LogP contribution in [0.5, 0.6) is 5.75 Å². The Bertz CT molecular complexity index is 623. The fourth-order valence-corrected chi connectivity index (χ4v) is 2.35. The van der Waals surface area contributed by atoms with Crippen molar-refractivity contribution in [3.63, 3.8) is 0 Å². The van der Waals surface area contributed by atoms with Gasteiger partial charge in [0.05, 0.1) is 24.2 Å². The molecule has 0 amide bonds. The van der Waals surface area contributed by atoms with Crippen LogP contribution < -0.4 is 9.64 Å². The Kier molecular flexibility index (Phi) is 3.37. The third-order valence-electron chi connectivity index (χ3n) is 3.36. The van der Waals surface area contributed by atoms with E-state index < -0.39 is 0 Å². The van der Waals surface area contributed by atoms with Gasteiger partial charge in [0.1, 0.15) is 11.4 Å². The molecular weight excluding hydrogens is 252 g/mol. The van der Waals surface area contributed by atoms with Crippen LogP contribution in [0.15, 0.2) is 42.6 Å². The van der Waals surface area contributed by atoms with Gasteiger partial charge in [-0.25, -0.2) is 0 Å². The Balaban J connectivity index is 1.98. The molecule has 1 aromatic heterocycles. The Morgan fingerprint density at radius 1 is 1.25 bits per heavy atom. The van der Waals surface area contributed by atoms with Crippen molar-refractivity contribution in [2.45, 2.75) is 13.3 Å². The number of carbonyl (C=O) groups excluding carboxylic acids is 1.